The summed E-state index contributed by atoms with van der Waals surface area (Å²) in [5.41, 5.74) is 3.06. The minimum absolute atomic E-state index is 0.268. The molecule has 0 aliphatic carbocycles. The van der Waals surface area contributed by atoms with Gasteiger partial charge in [-0.15, -0.1) is 22.7 Å². The number of hydrogen-bond acceptors (Lipinski definition) is 5. The molecule has 0 spiro atoms. The maximum Gasteiger partial charge on any atom is 0.268 e. The van der Waals surface area contributed by atoms with E-state index in [0.29, 0.717) is 19.8 Å². The van der Waals surface area contributed by atoms with Gasteiger partial charge < -0.3 is 5.32 Å². The van der Waals surface area contributed by atoms with Gasteiger partial charge in [0.1, 0.15) is 5.00 Å². The van der Waals surface area contributed by atoms with Gasteiger partial charge >= 0.3 is 0 Å². The molecule has 0 fully saturated rings. The average Bonchev–Trinajstić information content (AvgIpc) is 2.97. The van der Waals surface area contributed by atoms with Gasteiger partial charge in [0.15, 0.2) is 0 Å². The Hall–Kier alpha value is -1.41. The molecule has 0 aromatic carbocycles. The lowest BCUT2D eigenvalue weighted by atomic mass is 10.3. The molecule has 2 aromatic heterocycles. The molecule has 0 unspecified atom stereocenters. The maximum absolute atomic E-state index is 12.0. The molecule has 2 aromatic rings. The summed E-state index contributed by atoms with van der Waals surface area (Å²) in [4.78, 5) is 24.5. The molecule has 2 heterocycles. The summed E-state index contributed by atoms with van der Waals surface area (Å²) in [5.74, 6) is -0.543. The van der Waals surface area contributed by atoms with E-state index >= 15 is 0 Å². The Kier molecular flexibility index (Phi) is 4.77. The van der Waals surface area contributed by atoms with Gasteiger partial charge in [0, 0.05) is 14.1 Å². The largest absolute Gasteiger partial charge is 0.312 e. The van der Waals surface area contributed by atoms with Crippen molar-refractivity contribution in [1.82, 2.24) is 10.4 Å². The van der Waals surface area contributed by atoms with Crippen molar-refractivity contribution in [3.63, 3.8) is 0 Å². The van der Waals surface area contributed by atoms with Crippen LogP contribution < -0.4 is 10.7 Å². The van der Waals surface area contributed by atoms with Crippen molar-refractivity contribution < 1.29 is 9.59 Å². The number of thiophene rings is 2. The van der Waals surface area contributed by atoms with E-state index < -0.39 is 0 Å². The quantitative estimate of drug-likeness (QED) is 0.848. The zero-order valence-corrected chi connectivity index (χ0v) is 13.2. The molecule has 106 valence electrons. The number of anilines is 1. The Balaban J connectivity index is 2.12. The van der Waals surface area contributed by atoms with Gasteiger partial charge in [-0.25, -0.2) is 5.01 Å². The Bertz CT molecular complexity index is 636. The molecule has 20 heavy (non-hydrogen) atoms. The van der Waals surface area contributed by atoms with E-state index in [1.165, 1.54) is 22.7 Å². The summed E-state index contributed by atoms with van der Waals surface area (Å²) in [6, 6.07) is 4.98. The minimum Gasteiger partial charge on any atom is -0.312 e. The number of amides is 2. The lowest BCUT2D eigenvalue weighted by Crippen LogP contribution is -2.36. The molecule has 0 radical (unpaired) electrons. The number of hydrogen-bond donors (Lipinski definition) is 2. The second-order valence-corrected chi connectivity index (χ2v) is 6.69. The molecule has 0 saturated heterocycles. The van der Waals surface area contributed by atoms with Gasteiger partial charge in [-0.2, -0.15) is 0 Å². The minimum atomic E-state index is -0.275. The Labute approximate surface area is 129 Å². The van der Waals surface area contributed by atoms with E-state index in [1.54, 1.807) is 42.7 Å². The zero-order chi connectivity index (χ0) is 14.7. The molecule has 2 rings (SSSR count). The number of nitrogens with zero attached hydrogens (tertiary/aromatic N) is 1. The van der Waals surface area contributed by atoms with E-state index in [0.717, 1.165) is 0 Å². The van der Waals surface area contributed by atoms with Crippen LogP contribution >= 0.6 is 34.3 Å². The normalized spacial score (nSPS) is 10.6. The second-order valence-electron chi connectivity index (χ2n) is 4.06. The van der Waals surface area contributed by atoms with Crippen molar-refractivity contribution in [3.8, 4) is 0 Å². The van der Waals surface area contributed by atoms with E-state index in [-0.39, 0.29) is 11.8 Å². The van der Waals surface area contributed by atoms with Crippen LogP contribution in [0.25, 0.3) is 0 Å². The van der Waals surface area contributed by atoms with Crippen LogP contribution in [0, 0.1) is 0 Å². The van der Waals surface area contributed by atoms with Gasteiger partial charge in [0.2, 0.25) is 0 Å². The van der Waals surface area contributed by atoms with Crippen molar-refractivity contribution >= 4 is 51.1 Å². The molecule has 0 aliphatic heterocycles. The van der Waals surface area contributed by atoms with Gasteiger partial charge in [-0.05, 0) is 23.6 Å². The SMILES string of the molecule is CN(C)NC(=O)c1ccsc1NC(=O)c1ccc(Cl)s1. The smallest absolute Gasteiger partial charge is 0.268 e. The van der Waals surface area contributed by atoms with Crippen molar-refractivity contribution in [2.24, 2.45) is 0 Å². The first-order valence-electron chi connectivity index (χ1n) is 5.60. The Morgan fingerprint density at radius 1 is 1.20 bits per heavy atom. The maximum atomic E-state index is 12.0. The Morgan fingerprint density at radius 3 is 2.55 bits per heavy atom. The third kappa shape index (κ3) is 3.57. The molecule has 8 heteroatoms. The number of carbonyl (C=O) groups excluding carboxylic acids is 2. The molecule has 0 atom stereocenters. The predicted molar refractivity (Wildman–Crippen MR) is 82.8 cm³/mol. The topological polar surface area (TPSA) is 61.4 Å². The summed E-state index contributed by atoms with van der Waals surface area (Å²) in [5, 5.41) is 6.54. The second kappa shape index (κ2) is 6.36. The van der Waals surface area contributed by atoms with Crippen LogP contribution in [0.2, 0.25) is 4.34 Å². The van der Waals surface area contributed by atoms with Crippen LogP contribution in [0.15, 0.2) is 23.6 Å². The number of nitrogens with one attached hydrogen (secondary N) is 2. The monoisotopic (exact) mass is 329 g/mol. The summed E-state index contributed by atoms with van der Waals surface area (Å²) in [6.07, 6.45) is 0. The van der Waals surface area contributed by atoms with E-state index in [4.69, 9.17) is 11.6 Å². The lowest BCUT2D eigenvalue weighted by Gasteiger charge is -2.12. The van der Waals surface area contributed by atoms with E-state index in [9.17, 15) is 9.59 Å². The van der Waals surface area contributed by atoms with Gasteiger partial charge in [0.25, 0.3) is 11.8 Å². The molecule has 0 saturated carbocycles. The highest BCUT2D eigenvalue weighted by Gasteiger charge is 2.17. The predicted octanol–water partition coefficient (Wildman–Crippen LogP) is 2.92. The molecule has 5 nitrogen and oxygen atoms in total. The third-order valence-corrected chi connectivity index (χ3v) is 4.32. The number of carbonyl (C=O) groups is 2. The van der Waals surface area contributed by atoms with Crippen molar-refractivity contribution in [3.05, 3.63) is 38.4 Å². The van der Waals surface area contributed by atoms with Crippen LogP contribution in [0.1, 0.15) is 20.0 Å². The molecule has 2 amide bonds. The highest BCUT2D eigenvalue weighted by Crippen LogP contribution is 2.26. The summed E-state index contributed by atoms with van der Waals surface area (Å²) >= 11 is 8.28. The van der Waals surface area contributed by atoms with Gasteiger partial charge in [-0.3, -0.25) is 15.0 Å². The van der Waals surface area contributed by atoms with Crippen LogP contribution in [-0.2, 0) is 0 Å². The van der Waals surface area contributed by atoms with Crippen molar-refractivity contribution in [2.45, 2.75) is 0 Å². The fourth-order valence-electron chi connectivity index (χ4n) is 1.45. The number of hydrazine groups is 1. The van der Waals surface area contributed by atoms with Gasteiger partial charge in [-0.1, -0.05) is 11.6 Å². The van der Waals surface area contributed by atoms with Crippen LogP contribution in [0.4, 0.5) is 5.00 Å². The molecular formula is C12H12ClN3O2S2. The number of halogens is 1. The molecule has 2 N–H and O–H groups in total. The van der Waals surface area contributed by atoms with Crippen LogP contribution in [0.5, 0.6) is 0 Å². The highest BCUT2D eigenvalue weighted by molar-refractivity contribution is 7.18. The fourth-order valence-corrected chi connectivity index (χ4v) is 3.17. The number of rotatable bonds is 4. The fraction of sp³-hybridized carbons (Fsp3) is 0.167. The molecule has 0 aliphatic rings. The first-order chi connectivity index (χ1) is 9.47. The standard InChI is InChI=1S/C12H12ClN3O2S2/c1-16(2)15-10(17)7-5-6-19-12(7)14-11(18)8-3-4-9(13)20-8/h3-6H,1-2H3,(H,14,18)(H,15,17). The molecular weight excluding hydrogens is 318 g/mol. The van der Waals surface area contributed by atoms with E-state index in [2.05, 4.69) is 10.7 Å². The van der Waals surface area contributed by atoms with Gasteiger partial charge in [0.05, 0.1) is 14.8 Å². The zero-order valence-electron chi connectivity index (χ0n) is 10.8. The van der Waals surface area contributed by atoms with Crippen LogP contribution in [0.3, 0.4) is 0 Å². The summed E-state index contributed by atoms with van der Waals surface area (Å²) in [6.45, 7) is 0. The van der Waals surface area contributed by atoms with E-state index in [1.807, 2.05) is 0 Å². The average molecular weight is 330 g/mol. The van der Waals surface area contributed by atoms with Crippen LogP contribution in [-0.4, -0.2) is 30.9 Å². The lowest BCUT2D eigenvalue weighted by molar-refractivity contribution is 0.0858. The summed E-state index contributed by atoms with van der Waals surface area (Å²) < 4.78 is 0.548. The highest BCUT2D eigenvalue weighted by atomic mass is 35.5. The first-order valence-corrected chi connectivity index (χ1v) is 7.67. The first kappa shape index (κ1) is 15.0. The van der Waals surface area contributed by atoms with Crippen molar-refractivity contribution in [1.29, 1.82) is 0 Å². The summed E-state index contributed by atoms with van der Waals surface area (Å²) in [7, 11) is 3.44. The van der Waals surface area contributed by atoms with Crippen molar-refractivity contribution in [2.75, 3.05) is 19.4 Å². The Morgan fingerprint density at radius 2 is 1.95 bits per heavy atom. The third-order valence-electron chi connectivity index (χ3n) is 2.26. The molecule has 0 bridgehead atoms.